The predicted octanol–water partition coefficient (Wildman–Crippen LogP) is 4.54. The normalized spacial score (nSPS) is 12.8. The first-order chi connectivity index (χ1) is 9.54. The first-order valence-corrected chi connectivity index (χ1v) is 7.07. The fraction of sp³-hybridized carbons (Fsp3) is 0.125. The Labute approximate surface area is 119 Å². The monoisotopic (exact) mass is 289 g/mol. The van der Waals surface area contributed by atoms with Crippen molar-refractivity contribution in [2.24, 2.45) is 5.73 Å². The van der Waals surface area contributed by atoms with Gasteiger partial charge in [0.15, 0.2) is 0 Å². The smallest absolute Gasteiger partial charge is 0.126 e. The lowest BCUT2D eigenvalue weighted by Crippen LogP contribution is -2.10. The molecule has 1 nitrogen and oxygen atoms in total. The summed E-state index contributed by atoms with van der Waals surface area (Å²) in [5, 5.41) is 0.827. The van der Waals surface area contributed by atoms with Gasteiger partial charge in [-0.1, -0.05) is 12.1 Å². The number of benzene rings is 2. The van der Waals surface area contributed by atoms with Gasteiger partial charge in [-0.15, -0.1) is 11.3 Å². The van der Waals surface area contributed by atoms with Gasteiger partial charge < -0.3 is 5.73 Å². The fourth-order valence-electron chi connectivity index (χ4n) is 2.15. The summed E-state index contributed by atoms with van der Waals surface area (Å²) in [7, 11) is 0. The topological polar surface area (TPSA) is 26.0 Å². The maximum Gasteiger partial charge on any atom is 0.126 e. The molecule has 2 aromatic carbocycles. The quantitative estimate of drug-likeness (QED) is 0.736. The highest BCUT2D eigenvalue weighted by molar-refractivity contribution is 7.19. The molecule has 0 radical (unpaired) electrons. The van der Waals surface area contributed by atoms with Crippen molar-refractivity contribution in [2.45, 2.75) is 13.0 Å². The summed E-state index contributed by atoms with van der Waals surface area (Å²) >= 11 is 1.50. The second-order valence-electron chi connectivity index (χ2n) is 4.82. The first-order valence-electron chi connectivity index (χ1n) is 6.25. The highest BCUT2D eigenvalue weighted by Gasteiger charge is 2.14. The highest BCUT2D eigenvalue weighted by Crippen LogP contribution is 2.32. The third-order valence-corrected chi connectivity index (χ3v) is 4.56. The Morgan fingerprint density at radius 1 is 1.05 bits per heavy atom. The molecule has 0 saturated heterocycles. The molecule has 20 heavy (non-hydrogen) atoms. The van der Waals surface area contributed by atoms with Crippen molar-refractivity contribution in [3.63, 3.8) is 0 Å². The molecule has 0 fully saturated rings. The molecule has 1 heterocycles. The van der Waals surface area contributed by atoms with Crippen molar-refractivity contribution in [3.8, 4) is 0 Å². The van der Waals surface area contributed by atoms with E-state index in [1.165, 1.54) is 29.5 Å². The van der Waals surface area contributed by atoms with Gasteiger partial charge in [0, 0.05) is 9.58 Å². The van der Waals surface area contributed by atoms with Crippen LogP contribution in [0.25, 0.3) is 10.1 Å². The van der Waals surface area contributed by atoms with E-state index in [-0.39, 0.29) is 11.6 Å². The Morgan fingerprint density at radius 3 is 2.60 bits per heavy atom. The number of halogens is 2. The van der Waals surface area contributed by atoms with Gasteiger partial charge in [-0.05, 0) is 53.8 Å². The predicted molar refractivity (Wildman–Crippen MR) is 79.0 cm³/mol. The van der Waals surface area contributed by atoms with Crippen LogP contribution in [0, 0.1) is 18.6 Å². The summed E-state index contributed by atoms with van der Waals surface area (Å²) in [4.78, 5) is 0.897. The van der Waals surface area contributed by atoms with Crippen LogP contribution in [-0.4, -0.2) is 0 Å². The molecule has 0 bridgehead atoms. The zero-order valence-electron chi connectivity index (χ0n) is 10.9. The van der Waals surface area contributed by atoms with Crippen LogP contribution in [0.5, 0.6) is 0 Å². The second kappa shape index (κ2) is 4.96. The van der Waals surface area contributed by atoms with E-state index in [0.717, 1.165) is 20.5 Å². The van der Waals surface area contributed by atoms with Crippen molar-refractivity contribution in [3.05, 3.63) is 70.1 Å². The Bertz CT molecular complexity index is 779. The van der Waals surface area contributed by atoms with Gasteiger partial charge in [0.05, 0.1) is 6.04 Å². The average Bonchev–Trinajstić information content (AvgIpc) is 2.84. The molecule has 1 atom stereocenters. The Kier molecular flexibility index (Phi) is 3.28. The van der Waals surface area contributed by atoms with E-state index in [9.17, 15) is 8.78 Å². The Balaban J connectivity index is 2.02. The van der Waals surface area contributed by atoms with Crippen molar-refractivity contribution in [1.82, 2.24) is 0 Å². The summed E-state index contributed by atoms with van der Waals surface area (Å²) < 4.78 is 27.8. The fourth-order valence-corrected chi connectivity index (χ4v) is 3.23. The number of rotatable bonds is 2. The minimum absolute atomic E-state index is 0.259. The molecule has 0 aliphatic rings. The molecule has 1 aromatic heterocycles. The molecule has 4 heteroatoms. The van der Waals surface area contributed by atoms with Gasteiger partial charge in [0.25, 0.3) is 0 Å². The molecule has 0 amide bonds. The maximum atomic E-state index is 13.6. The molecule has 0 saturated carbocycles. The minimum Gasteiger partial charge on any atom is -0.320 e. The summed E-state index contributed by atoms with van der Waals surface area (Å²) in [5.41, 5.74) is 7.51. The Hall–Kier alpha value is -1.78. The summed E-state index contributed by atoms with van der Waals surface area (Å²) in [6, 6.07) is 11.1. The minimum atomic E-state index is -0.398. The molecule has 3 aromatic rings. The molecule has 1 unspecified atom stereocenters. The van der Waals surface area contributed by atoms with Crippen LogP contribution in [-0.2, 0) is 0 Å². The molecular formula is C16H13F2NS. The van der Waals surface area contributed by atoms with Crippen LogP contribution in [0.3, 0.4) is 0 Å². The molecule has 0 spiro atoms. The van der Waals surface area contributed by atoms with E-state index in [1.54, 1.807) is 19.1 Å². The van der Waals surface area contributed by atoms with Crippen LogP contribution >= 0.6 is 11.3 Å². The average molecular weight is 289 g/mol. The molecule has 102 valence electrons. The number of hydrogen-bond donors (Lipinski definition) is 1. The third-order valence-electron chi connectivity index (χ3n) is 3.36. The van der Waals surface area contributed by atoms with E-state index in [4.69, 9.17) is 5.73 Å². The van der Waals surface area contributed by atoms with Crippen molar-refractivity contribution in [2.75, 3.05) is 0 Å². The summed E-state index contributed by atoms with van der Waals surface area (Å²) in [5.74, 6) is -0.526. The lowest BCUT2D eigenvalue weighted by molar-refractivity contribution is 0.614. The second-order valence-corrected chi connectivity index (χ2v) is 5.93. The molecule has 0 aliphatic heterocycles. The zero-order valence-corrected chi connectivity index (χ0v) is 11.7. The molecule has 3 rings (SSSR count). The largest absolute Gasteiger partial charge is 0.320 e. The van der Waals surface area contributed by atoms with Crippen molar-refractivity contribution < 1.29 is 8.78 Å². The highest BCUT2D eigenvalue weighted by atomic mass is 32.1. The van der Waals surface area contributed by atoms with Crippen LogP contribution in [0.15, 0.2) is 42.5 Å². The van der Waals surface area contributed by atoms with Crippen molar-refractivity contribution >= 4 is 21.4 Å². The molecular weight excluding hydrogens is 276 g/mol. The van der Waals surface area contributed by atoms with Gasteiger partial charge in [-0.2, -0.15) is 0 Å². The van der Waals surface area contributed by atoms with Crippen molar-refractivity contribution in [1.29, 1.82) is 0 Å². The van der Waals surface area contributed by atoms with Gasteiger partial charge in [0.2, 0.25) is 0 Å². The first kappa shape index (κ1) is 13.2. The van der Waals surface area contributed by atoms with E-state index < -0.39 is 6.04 Å². The van der Waals surface area contributed by atoms with Gasteiger partial charge in [-0.3, -0.25) is 0 Å². The zero-order chi connectivity index (χ0) is 14.3. The lowest BCUT2D eigenvalue weighted by Gasteiger charge is -2.10. The number of fused-ring (bicyclic) bond motifs is 1. The van der Waals surface area contributed by atoms with Crippen LogP contribution < -0.4 is 5.73 Å². The summed E-state index contributed by atoms with van der Waals surface area (Å²) in [6.45, 7) is 1.72. The van der Waals surface area contributed by atoms with Gasteiger partial charge in [0.1, 0.15) is 11.6 Å². The number of aryl methyl sites for hydroxylation is 1. The number of nitrogens with two attached hydrogens (primary N) is 1. The van der Waals surface area contributed by atoms with Crippen LogP contribution in [0.1, 0.15) is 22.0 Å². The van der Waals surface area contributed by atoms with Crippen LogP contribution in [0.4, 0.5) is 8.78 Å². The van der Waals surface area contributed by atoms with E-state index in [1.807, 2.05) is 12.1 Å². The third kappa shape index (κ3) is 2.32. The Morgan fingerprint density at radius 2 is 1.85 bits per heavy atom. The standard InChI is InChI=1S/C16H13F2NS/c1-9-2-3-10(7-13(9)18)16(19)15-8-11-6-12(17)4-5-14(11)20-15/h2-8,16H,19H2,1H3. The molecule has 0 aliphatic carbocycles. The van der Waals surface area contributed by atoms with Gasteiger partial charge in [-0.25, -0.2) is 8.78 Å². The van der Waals surface area contributed by atoms with Crippen LogP contribution in [0.2, 0.25) is 0 Å². The number of hydrogen-bond acceptors (Lipinski definition) is 2. The van der Waals surface area contributed by atoms with E-state index in [2.05, 4.69) is 0 Å². The summed E-state index contributed by atoms with van der Waals surface area (Å²) in [6.07, 6.45) is 0. The van der Waals surface area contributed by atoms with Gasteiger partial charge >= 0.3 is 0 Å². The van der Waals surface area contributed by atoms with E-state index >= 15 is 0 Å². The van der Waals surface area contributed by atoms with E-state index in [0.29, 0.717) is 5.56 Å². The molecule has 2 N–H and O–H groups in total. The maximum absolute atomic E-state index is 13.6. The lowest BCUT2D eigenvalue weighted by atomic mass is 10.0. The number of thiophene rings is 1. The SMILES string of the molecule is Cc1ccc(C(N)c2cc3cc(F)ccc3s2)cc1F.